The van der Waals surface area contributed by atoms with Crippen LogP contribution in [0.2, 0.25) is 15.1 Å². The predicted molar refractivity (Wildman–Crippen MR) is 84.3 cm³/mol. The second-order valence-electron chi connectivity index (χ2n) is 3.26. The summed E-state index contributed by atoms with van der Waals surface area (Å²) in [7, 11) is 0. The fraction of sp³-hybridized carbons (Fsp3) is 0.125. The normalized spacial score (nSPS) is 18.8. The average molecular weight is 436 g/mol. The third kappa shape index (κ3) is 3.38. The lowest BCUT2D eigenvalue weighted by Gasteiger charge is -2.27. The molecule has 110 valence electrons. The molecule has 0 bridgehead atoms. The standard InChI is InChI=1S/C8HCl6NO3S2/c9-2-1-3-4(6(11)5(2)10)7(16)15(20(17)18-3)19-8(12,13)14/h1H. The highest BCUT2D eigenvalue weighted by Gasteiger charge is 2.40. The minimum atomic E-state index is -2.21. The molecule has 1 aromatic carbocycles. The van der Waals surface area contributed by atoms with Crippen molar-refractivity contribution in [2.75, 3.05) is 0 Å². The highest BCUT2D eigenvalue weighted by molar-refractivity contribution is 8.10. The SMILES string of the molecule is O=C1c2c(cc(Cl)c(Cl)c2Cl)OS(=O)N1SC(Cl)(Cl)Cl. The smallest absolute Gasteiger partial charge is 0.332 e. The highest BCUT2D eigenvalue weighted by Crippen LogP contribution is 2.47. The Kier molecular flexibility index (Phi) is 5.20. The van der Waals surface area contributed by atoms with Crippen molar-refractivity contribution >= 4 is 98.7 Å². The van der Waals surface area contributed by atoms with Crippen molar-refractivity contribution in [2.24, 2.45) is 0 Å². The summed E-state index contributed by atoms with van der Waals surface area (Å²) in [6.07, 6.45) is 0. The van der Waals surface area contributed by atoms with Crippen LogP contribution in [0.4, 0.5) is 0 Å². The van der Waals surface area contributed by atoms with E-state index in [-0.39, 0.29) is 26.4 Å². The van der Waals surface area contributed by atoms with Crippen molar-refractivity contribution < 1.29 is 13.2 Å². The molecule has 0 fully saturated rings. The van der Waals surface area contributed by atoms with E-state index in [1.807, 2.05) is 0 Å². The van der Waals surface area contributed by atoms with Gasteiger partial charge in [-0.1, -0.05) is 69.6 Å². The number of halogens is 6. The molecule has 0 aromatic heterocycles. The fourth-order valence-electron chi connectivity index (χ4n) is 1.27. The highest BCUT2D eigenvalue weighted by atomic mass is 35.6. The number of benzene rings is 1. The van der Waals surface area contributed by atoms with Gasteiger partial charge in [0.2, 0.25) is 0 Å². The van der Waals surface area contributed by atoms with Gasteiger partial charge in [-0.25, -0.2) is 0 Å². The summed E-state index contributed by atoms with van der Waals surface area (Å²) < 4.78 is 15.6. The van der Waals surface area contributed by atoms with E-state index in [1.54, 1.807) is 0 Å². The van der Waals surface area contributed by atoms with Crippen LogP contribution in [0.3, 0.4) is 0 Å². The Balaban J connectivity index is 2.52. The van der Waals surface area contributed by atoms with Crippen LogP contribution in [0.1, 0.15) is 10.4 Å². The molecular formula is C8HCl6NO3S2. The van der Waals surface area contributed by atoms with Gasteiger partial charge in [0.25, 0.3) is 9.03 Å². The van der Waals surface area contributed by atoms with E-state index < -0.39 is 20.3 Å². The molecule has 4 nitrogen and oxygen atoms in total. The first-order valence-electron chi connectivity index (χ1n) is 4.50. The van der Waals surface area contributed by atoms with Crippen molar-refractivity contribution in [1.82, 2.24) is 3.71 Å². The lowest BCUT2D eigenvalue weighted by molar-refractivity contribution is 0.0918. The Labute approximate surface area is 150 Å². The summed E-state index contributed by atoms with van der Waals surface area (Å²) in [6.45, 7) is 0. The lowest BCUT2D eigenvalue weighted by atomic mass is 10.2. The third-order valence-corrected chi connectivity index (χ3v) is 5.76. The summed E-state index contributed by atoms with van der Waals surface area (Å²) in [4.78, 5) is 12.3. The first-order chi connectivity index (χ1) is 9.11. The summed E-state index contributed by atoms with van der Waals surface area (Å²) in [5.74, 6) is -0.835. The second kappa shape index (κ2) is 6.08. The molecule has 1 unspecified atom stereocenters. The zero-order valence-electron chi connectivity index (χ0n) is 8.83. The fourth-order valence-corrected chi connectivity index (χ4v) is 4.54. The molecule has 20 heavy (non-hydrogen) atoms. The van der Waals surface area contributed by atoms with Crippen LogP contribution in [0.15, 0.2) is 6.07 Å². The van der Waals surface area contributed by atoms with E-state index in [0.717, 1.165) is 0 Å². The maximum atomic E-state index is 12.3. The van der Waals surface area contributed by atoms with E-state index >= 15 is 0 Å². The Morgan fingerprint density at radius 3 is 2.35 bits per heavy atom. The zero-order chi connectivity index (χ0) is 15.2. The summed E-state index contributed by atoms with van der Waals surface area (Å²) >= 11 is 32.4. The molecule has 12 heteroatoms. The van der Waals surface area contributed by atoms with Gasteiger partial charge in [-0.2, -0.15) is 7.92 Å². The molecule has 0 spiro atoms. The minimum absolute atomic E-state index is 0.0319. The van der Waals surface area contributed by atoms with Gasteiger partial charge in [-0.3, -0.25) is 4.79 Å². The topological polar surface area (TPSA) is 46.6 Å². The van der Waals surface area contributed by atoms with Gasteiger partial charge in [0.15, 0.2) is 5.75 Å². The maximum Gasteiger partial charge on any atom is 0.332 e. The molecule has 1 atom stereocenters. The van der Waals surface area contributed by atoms with E-state index in [4.69, 9.17) is 73.8 Å². The number of hydrogen-bond donors (Lipinski definition) is 0. The summed E-state index contributed by atoms with van der Waals surface area (Å²) in [6, 6.07) is 1.23. The van der Waals surface area contributed by atoms with Gasteiger partial charge >= 0.3 is 11.3 Å². The molecule has 0 saturated carbocycles. The molecule has 0 aliphatic carbocycles. The predicted octanol–water partition coefficient (Wildman–Crippen LogP) is 5.04. The van der Waals surface area contributed by atoms with Crippen LogP contribution in [-0.4, -0.2) is 17.0 Å². The number of fused-ring (bicyclic) bond motifs is 1. The van der Waals surface area contributed by atoms with Crippen LogP contribution in [0.25, 0.3) is 0 Å². The number of nitrogens with zero attached hydrogens (tertiary/aromatic N) is 1. The first-order valence-corrected chi connectivity index (χ1v) is 8.57. The monoisotopic (exact) mass is 433 g/mol. The Morgan fingerprint density at radius 1 is 1.20 bits per heavy atom. The van der Waals surface area contributed by atoms with Gasteiger partial charge in [0.05, 0.1) is 15.1 Å². The molecular weight excluding hydrogens is 435 g/mol. The number of rotatable bonds is 1. The van der Waals surface area contributed by atoms with Crippen molar-refractivity contribution in [2.45, 2.75) is 3.12 Å². The quantitative estimate of drug-likeness (QED) is 0.352. The number of hydrogen-bond acceptors (Lipinski definition) is 4. The van der Waals surface area contributed by atoms with Gasteiger partial charge < -0.3 is 4.18 Å². The lowest BCUT2D eigenvalue weighted by Crippen LogP contribution is -2.36. The molecule has 1 heterocycles. The van der Waals surface area contributed by atoms with Crippen molar-refractivity contribution in [3.63, 3.8) is 0 Å². The number of carbonyl (C=O) groups excluding carboxylic acids is 1. The Bertz CT molecular complexity index is 619. The van der Waals surface area contributed by atoms with Crippen LogP contribution in [0, 0.1) is 0 Å². The molecule has 1 aliphatic rings. The van der Waals surface area contributed by atoms with Crippen molar-refractivity contribution in [1.29, 1.82) is 0 Å². The van der Waals surface area contributed by atoms with E-state index in [1.165, 1.54) is 6.07 Å². The number of carbonyl (C=O) groups is 1. The van der Waals surface area contributed by atoms with Gasteiger partial charge in [-0.15, -0.1) is 0 Å². The van der Waals surface area contributed by atoms with Crippen molar-refractivity contribution in [3.05, 3.63) is 26.7 Å². The Hall–Kier alpha value is 0.730. The molecule has 2 rings (SSSR count). The van der Waals surface area contributed by atoms with E-state index in [0.29, 0.717) is 15.7 Å². The van der Waals surface area contributed by atoms with E-state index in [2.05, 4.69) is 0 Å². The molecule has 0 saturated heterocycles. The Morgan fingerprint density at radius 2 is 1.80 bits per heavy atom. The van der Waals surface area contributed by atoms with Gasteiger partial charge in [0.1, 0.15) is 5.56 Å². The molecule has 1 amide bonds. The molecule has 0 N–H and O–H groups in total. The first kappa shape index (κ1) is 17.1. The average Bonchev–Trinajstić information content (AvgIpc) is 2.30. The molecule has 1 aromatic rings. The van der Waals surface area contributed by atoms with Crippen LogP contribution >= 0.6 is 81.6 Å². The van der Waals surface area contributed by atoms with Crippen LogP contribution < -0.4 is 4.18 Å². The largest absolute Gasteiger partial charge is 0.383 e. The maximum absolute atomic E-state index is 12.3. The number of amides is 1. The second-order valence-corrected chi connectivity index (χ2v) is 9.73. The van der Waals surface area contributed by atoms with Crippen molar-refractivity contribution in [3.8, 4) is 5.75 Å². The van der Waals surface area contributed by atoms with Crippen LogP contribution in [-0.2, 0) is 11.3 Å². The van der Waals surface area contributed by atoms with Crippen LogP contribution in [0.5, 0.6) is 5.75 Å². The molecule has 0 radical (unpaired) electrons. The summed E-state index contributed by atoms with van der Waals surface area (Å²) in [5.41, 5.74) is -0.109. The third-order valence-electron chi connectivity index (χ3n) is 1.99. The van der Waals surface area contributed by atoms with E-state index in [9.17, 15) is 9.00 Å². The number of alkyl halides is 3. The van der Waals surface area contributed by atoms with Gasteiger partial charge in [-0.05, 0) is 0 Å². The molecule has 1 aliphatic heterocycles. The van der Waals surface area contributed by atoms with Gasteiger partial charge in [0, 0.05) is 18.0 Å². The minimum Gasteiger partial charge on any atom is -0.383 e. The zero-order valence-corrected chi connectivity index (χ0v) is 15.0. The summed E-state index contributed by atoms with van der Waals surface area (Å²) in [5, 5.41) is -0.107.